The van der Waals surface area contributed by atoms with Crippen molar-refractivity contribution in [2.45, 2.75) is 19.8 Å². The molecule has 1 aromatic carbocycles. The van der Waals surface area contributed by atoms with Gasteiger partial charge < -0.3 is 9.64 Å². The molecule has 3 nitrogen and oxygen atoms in total. The molecule has 0 heterocycles. The van der Waals surface area contributed by atoms with Gasteiger partial charge in [0, 0.05) is 6.54 Å². The Kier molecular flexibility index (Phi) is 5.16. The van der Waals surface area contributed by atoms with Crippen LogP contribution in [0.3, 0.4) is 0 Å². The largest absolute Gasteiger partial charge is 0.492 e. The summed E-state index contributed by atoms with van der Waals surface area (Å²) in [5, 5.41) is 0. The van der Waals surface area contributed by atoms with Crippen LogP contribution in [0.5, 0.6) is 5.75 Å². The standard InChI is InChI=1S/C14H21NO2/c1-11(2)12-5-6-14(13(9-12)10-16)17-8-7-15(3)4/h5-6,9-11H,7-8H2,1-4H3. The zero-order valence-electron chi connectivity index (χ0n) is 11.1. The SMILES string of the molecule is CC(C)c1ccc(OCCN(C)C)c(C=O)c1. The van der Waals surface area contributed by atoms with Gasteiger partial charge in [0.05, 0.1) is 5.56 Å². The third kappa shape index (κ3) is 4.19. The second kappa shape index (κ2) is 6.40. The summed E-state index contributed by atoms with van der Waals surface area (Å²) >= 11 is 0. The molecule has 0 aliphatic carbocycles. The molecule has 0 spiro atoms. The van der Waals surface area contributed by atoms with Gasteiger partial charge >= 0.3 is 0 Å². The Morgan fingerprint density at radius 3 is 2.59 bits per heavy atom. The van der Waals surface area contributed by atoms with Gasteiger partial charge in [-0.1, -0.05) is 19.9 Å². The molecular weight excluding hydrogens is 214 g/mol. The van der Waals surface area contributed by atoms with E-state index in [1.54, 1.807) is 0 Å². The van der Waals surface area contributed by atoms with Crippen LogP contribution >= 0.6 is 0 Å². The zero-order chi connectivity index (χ0) is 12.8. The smallest absolute Gasteiger partial charge is 0.153 e. The number of rotatable bonds is 6. The molecule has 0 aliphatic rings. The van der Waals surface area contributed by atoms with Crippen molar-refractivity contribution in [3.8, 4) is 5.75 Å². The zero-order valence-corrected chi connectivity index (χ0v) is 11.1. The van der Waals surface area contributed by atoms with E-state index in [4.69, 9.17) is 4.74 Å². The van der Waals surface area contributed by atoms with E-state index < -0.39 is 0 Å². The Morgan fingerprint density at radius 2 is 2.06 bits per heavy atom. The molecule has 0 unspecified atom stereocenters. The molecule has 0 fully saturated rings. The summed E-state index contributed by atoms with van der Waals surface area (Å²) in [5.41, 5.74) is 1.79. The van der Waals surface area contributed by atoms with E-state index in [1.165, 1.54) is 0 Å². The minimum Gasteiger partial charge on any atom is -0.492 e. The molecule has 17 heavy (non-hydrogen) atoms. The predicted molar refractivity (Wildman–Crippen MR) is 70.0 cm³/mol. The fourth-order valence-electron chi connectivity index (χ4n) is 1.49. The maximum atomic E-state index is 11.0. The van der Waals surface area contributed by atoms with Gasteiger partial charge in [0.15, 0.2) is 6.29 Å². The Balaban J connectivity index is 2.75. The van der Waals surface area contributed by atoms with E-state index in [-0.39, 0.29) is 0 Å². The second-order valence-electron chi connectivity index (χ2n) is 4.72. The predicted octanol–water partition coefficient (Wildman–Crippen LogP) is 2.56. The third-order valence-corrected chi connectivity index (χ3v) is 2.62. The number of aldehydes is 1. The van der Waals surface area contributed by atoms with E-state index in [2.05, 4.69) is 13.8 Å². The van der Waals surface area contributed by atoms with Gasteiger partial charge in [-0.3, -0.25) is 4.79 Å². The molecule has 0 saturated heterocycles. The first-order valence-corrected chi connectivity index (χ1v) is 5.91. The molecular formula is C14H21NO2. The molecule has 0 amide bonds. The van der Waals surface area contributed by atoms with Crippen molar-refractivity contribution in [3.05, 3.63) is 29.3 Å². The van der Waals surface area contributed by atoms with Crippen molar-refractivity contribution in [3.63, 3.8) is 0 Å². The summed E-state index contributed by atoms with van der Waals surface area (Å²) in [7, 11) is 3.98. The highest BCUT2D eigenvalue weighted by atomic mass is 16.5. The Morgan fingerprint density at radius 1 is 1.35 bits per heavy atom. The van der Waals surface area contributed by atoms with E-state index in [1.807, 2.05) is 37.2 Å². The molecule has 0 N–H and O–H groups in total. The minimum absolute atomic E-state index is 0.421. The molecule has 3 heteroatoms. The molecule has 0 bridgehead atoms. The lowest BCUT2D eigenvalue weighted by Gasteiger charge is -2.13. The lowest BCUT2D eigenvalue weighted by molar-refractivity contribution is 0.111. The van der Waals surface area contributed by atoms with Gasteiger partial charge in [-0.25, -0.2) is 0 Å². The van der Waals surface area contributed by atoms with Gasteiger partial charge in [-0.15, -0.1) is 0 Å². The van der Waals surface area contributed by atoms with Gasteiger partial charge in [0.2, 0.25) is 0 Å². The van der Waals surface area contributed by atoms with Gasteiger partial charge in [-0.05, 0) is 37.7 Å². The minimum atomic E-state index is 0.421. The van der Waals surface area contributed by atoms with Crippen LogP contribution in [0.1, 0.15) is 35.7 Å². The van der Waals surface area contributed by atoms with Crippen molar-refractivity contribution in [1.29, 1.82) is 0 Å². The first-order valence-electron chi connectivity index (χ1n) is 5.91. The Bertz CT molecular complexity index is 372. The number of carbonyl (C=O) groups is 1. The summed E-state index contributed by atoms with van der Waals surface area (Å²) in [4.78, 5) is 13.1. The molecule has 94 valence electrons. The van der Waals surface area contributed by atoms with Crippen LogP contribution in [-0.2, 0) is 0 Å². The van der Waals surface area contributed by atoms with Crippen LogP contribution in [-0.4, -0.2) is 38.4 Å². The van der Waals surface area contributed by atoms with Crippen molar-refractivity contribution in [2.24, 2.45) is 0 Å². The first-order chi connectivity index (χ1) is 8.04. The lowest BCUT2D eigenvalue weighted by Crippen LogP contribution is -2.19. The summed E-state index contributed by atoms with van der Waals surface area (Å²) < 4.78 is 5.60. The first kappa shape index (κ1) is 13.7. The van der Waals surface area contributed by atoms with Crippen LogP contribution in [0.2, 0.25) is 0 Å². The monoisotopic (exact) mass is 235 g/mol. The highest BCUT2D eigenvalue weighted by Gasteiger charge is 2.06. The summed E-state index contributed by atoms with van der Waals surface area (Å²) in [6.07, 6.45) is 0.858. The fourth-order valence-corrected chi connectivity index (χ4v) is 1.49. The molecule has 1 rings (SSSR count). The Hall–Kier alpha value is -1.35. The van der Waals surface area contributed by atoms with E-state index >= 15 is 0 Å². The lowest BCUT2D eigenvalue weighted by atomic mass is 10.0. The quantitative estimate of drug-likeness (QED) is 0.710. The maximum absolute atomic E-state index is 11.0. The van der Waals surface area contributed by atoms with E-state index in [9.17, 15) is 4.79 Å². The van der Waals surface area contributed by atoms with Crippen molar-refractivity contribution < 1.29 is 9.53 Å². The van der Waals surface area contributed by atoms with Crippen molar-refractivity contribution in [2.75, 3.05) is 27.2 Å². The summed E-state index contributed by atoms with van der Waals surface area (Å²) in [6, 6.07) is 5.81. The molecule has 0 saturated carbocycles. The van der Waals surface area contributed by atoms with Crippen molar-refractivity contribution in [1.82, 2.24) is 4.90 Å². The Labute approximate surface area is 103 Å². The summed E-state index contributed by atoms with van der Waals surface area (Å²) in [6.45, 7) is 5.64. The number of nitrogens with zero attached hydrogens (tertiary/aromatic N) is 1. The van der Waals surface area contributed by atoms with Gasteiger partial charge in [0.1, 0.15) is 12.4 Å². The van der Waals surface area contributed by atoms with Crippen molar-refractivity contribution >= 4 is 6.29 Å². The van der Waals surface area contributed by atoms with Crippen LogP contribution < -0.4 is 4.74 Å². The van der Waals surface area contributed by atoms with Gasteiger partial charge in [-0.2, -0.15) is 0 Å². The van der Waals surface area contributed by atoms with Crippen LogP contribution in [0, 0.1) is 0 Å². The number of benzene rings is 1. The molecule has 1 aromatic rings. The van der Waals surface area contributed by atoms with E-state index in [0.717, 1.165) is 18.4 Å². The van der Waals surface area contributed by atoms with Crippen LogP contribution in [0.4, 0.5) is 0 Å². The van der Waals surface area contributed by atoms with Crippen LogP contribution in [0.15, 0.2) is 18.2 Å². The molecule has 0 atom stereocenters. The number of hydrogen-bond donors (Lipinski definition) is 0. The van der Waals surface area contributed by atoms with Crippen LogP contribution in [0.25, 0.3) is 0 Å². The number of hydrogen-bond acceptors (Lipinski definition) is 3. The molecule has 0 aliphatic heterocycles. The topological polar surface area (TPSA) is 29.5 Å². The normalized spacial score (nSPS) is 10.9. The highest BCUT2D eigenvalue weighted by Crippen LogP contribution is 2.23. The maximum Gasteiger partial charge on any atom is 0.153 e. The highest BCUT2D eigenvalue weighted by molar-refractivity contribution is 5.79. The summed E-state index contributed by atoms with van der Waals surface area (Å²) in [5.74, 6) is 1.09. The van der Waals surface area contributed by atoms with Gasteiger partial charge in [0.25, 0.3) is 0 Å². The number of ether oxygens (including phenoxy) is 1. The second-order valence-corrected chi connectivity index (χ2v) is 4.72. The molecule has 0 aromatic heterocycles. The fraction of sp³-hybridized carbons (Fsp3) is 0.500. The number of carbonyl (C=O) groups excluding carboxylic acids is 1. The molecule has 0 radical (unpaired) electrons. The third-order valence-electron chi connectivity index (χ3n) is 2.62. The average Bonchev–Trinajstić information content (AvgIpc) is 2.28. The average molecular weight is 235 g/mol. The van der Waals surface area contributed by atoms with E-state index in [0.29, 0.717) is 23.8 Å². The number of likely N-dealkylation sites (N-methyl/N-ethyl adjacent to an activating group) is 1.